The number of amides is 2. The van der Waals surface area contributed by atoms with Gasteiger partial charge in [0.2, 0.25) is 5.69 Å². The second kappa shape index (κ2) is 25.6. The number of unbranched alkanes of at least 4 members (excludes halogenated alkanes) is 1. The number of anilines is 1. The lowest BCUT2D eigenvalue weighted by molar-refractivity contribution is -0.437. The first-order valence-corrected chi connectivity index (χ1v) is 31.1. The van der Waals surface area contributed by atoms with E-state index in [1.807, 2.05) is 45.9 Å². The van der Waals surface area contributed by atoms with E-state index >= 15 is 0 Å². The van der Waals surface area contributed by atoms with Crippen LogP contribution in [0.15, 0.2) is 84.7 Å². The van der Waals surface area contributed by atoms with Crippen molar-refractivity contribution in [3.05, 3.63) is 118 Å². The lowest BCUT2D eigenvalue weighted by Crippen LogP contribution is -2.38. The van der Waals surface area contributed by atoms with E-state index in [4.69, 9.17) is 12.6 Å². The monoisotopic (exact) mass is 1170 g/mol. The van der Waals surface area contributed by atoms with Crippen LogP contribution in [0.5, 0.6) is 0 Å². The molecular formula is C48H62N5O19S5+. The fraction of sp³-hybridized carbons (Fsp3) is 0.438. The van der Waals surface area contributed by atoms with Gasteiger partial charge in [-0.15, -0.1) is 12.6 Å². The highest BCUT2D eigenvalue weighted by atomic mass is 32.2. The van der Waals surface area contributed by atoms with E-state index < -0.39 is 116 Å². The molecule has 2 aliphatic rings. The van der Waals surface area contributed by atoms with Crippen molar-refractivity contribution in [2.75, 3.05) is 67.2 Å². The summed E-state index contributed by atoms with van der Waals surface area (Å²) in [7, 11) is -21.0. The number of carbonyl (C=O) groups excluding carboxylic acids is 2. The molecule has 0 fully saturated rings. The van der Waals surface area contributed by atoms with E-state index in [9.17, 15) is 71.4 Å². The third kappa shape index (κ3) is 17.7. The number of fused-ring (bicyclic) bond motifs is 2. The van der Waals surface area contributed by atoms with Crippen LogP contribution in [0.2, 0.25) is 0 Å². The molecule has 0 saturated heterocycles. The van der Waals surface area contributed by atoms with Gasteiger partial charge in [-0.05, 0) is 87.4 Å². The van der Waals surface area contributed by atoms with Crippen LogP contribution >= 0.6 is 0 Å². The number of benzene rings is 2. The zero-order valence-electron chi connectivity index (χ0n) is 42.9. The van der Waals surface area contributed by atoms with Crippen molar-refractivity contribution in [3.63, 3.8) is 0 Å². The molecule has 0 bridgehead atoms. The molecule has 0 atom stereocenters. The van der Waals surface area contributed by atoms with Crippen LogP contribution in [0.4, 0.5) is 11.4 Å². The van der Waals surface area contributed by atoms with Gasteiger partial charge < -0.3 is 19.8 Å². The van der Waals surface area contributed by atoms with Crippen LogP contribution in [0.1, 0.15) is 109 Å². The van der Waals surface area contributed by atoms with E-state index in [-0.39, 0.29) is 37.2 Å². The van der Waals surface area contributed by atoms with Gasteiger partial charge in [-0.3, -0.25) is 32.8 Å². The molecule has 422 valence electrons. The molecule has 2 amide bonds. The van der Waals surface area contributed by atoms with Crippen LogP contribution in [0, 0.1) is 0 Å². The summed E-state index contributed by atoms with van der Waals surface area (Å²) in [6.07, 6.45) is 10.0. The Morgan fingerprint density at radius 1 is 0.688 bits per heavy atom. The highest BCUT2D eigenvalue weighted by molar-refractivity contribution is 7.86. The summed E-state index contributed by atoms with van der Waals surface area (Å²) >= 11 is 0. The predicted octanol–water partition coefficient (Wildman–Crippen LogP) is 4.12. The third-order valence-electron chi connectivity index (χ3n) is 12.8. The highest BCUT2D eigenvalue weighted by Gasteiger charge is 2.45. The maximum Gasteiger partial charge on any atom is 0.425 e. The molecule has 5 N–H and O–H groups in total. The second-order valence-electron chi connectivity index (χ2n) is 18.9. The zero-order valence-corrected chi connectivity index (χ0v) is 47.0. The number of hydrogen-bond acceptors (Lipinski definition) is 16. The van der Waals surface area contributed by atoms with Gasteiger partial charge in [-0.2, -0.15) is 38.2 Å². The summed E-state index contributed by atoms with van der Waals surface area (Å²) in [4.78, 5) is 48.4. The number of rotatable bonds is 24. The molecule has 3 aromatic rings. The first kappa shape index (κ1) is 63.5. The lowest BCUT2D eigenvalue weighted by atomic mass is 9.80. The fourth-order valence-corrected chi connectivity index (χ4v) is 10.7. The Bertz CT molecular complexity index is 3420. The molecule has 0 spiro atoms. The van der Waals surface area contributed by atoms with Crippen LogP contribution in [-0.2, 0) is 61.9 Å². The Morgan fingerprint density at radius 2 is 1.19 bits per heavy atom. The van der Waals surface area contributed by atoms with E-state index in [0.717, 1.165) is 34.7 Å². The Hall–Kier alpha value is -6.05. The van der Waals surface area contributed by atoms with E-state index in [2.05, 4.69) is 16.8 Å². The minimum absolute atomic E-state index is 0.000302. The molecule has 77 heavy (non-hydrogen) atoms. The van der Waals surface area contributed by atoms with Gasteiger partial charge in [0.1, 0.15) is 6.54 Å². The van der Waals surface area contributed by atoms with Crippen LogP contribution in [0.3, 0.4) is 0 Å². The number of nitrogens with zero attached hydrogens (tertiary/aromatic N) is 5. The van der Waals surface area contributed by atoms with Gasteiger partial charge in [0.15, 0.2) is 5.71 Å². The van der Waals surface area contributed by atoms with E-state index in [1.54, 1.807) is 41.9 Å². The number of hydrogen-bond donors (Lipinski definition) is 5. The van der Waals surface area contributed by atoms with Crippen molar-refractivity contribution >= 4 is 91.5 Å². The summed E-state index contributed by atoms with van der Waals surface area (Å²) < 4.78 is 158. The van der Waals surface area contributed by atoms with Gasteiger partial charge in [-0.25, -0.2) is 4.79 Å². The predicted molar refractivity (Wildman–Crippen MR) is 285 cm³/mol. The first-order chi connectivity index (χ1) is 35.5. The fourth-order valence-electron chi connectivity index (χ4n) is 8.83. The van der Waals surface area contributed by atoms with Crippen LogP contribution < -0.4 is 4.90 Å². The number of allylic oxidation sites excluding steroid dienone is 6. The topological polar surface area (TPSA) is 366 Å². The summed E-state index contributed by atoms with van der Waals surface area (Å²) in [5, 5.41) is 9.71. The number of aromatic carboxylic acids is 1. The van der Waals surface area contributed by atoms with Crippen LogP contribution in [-0.4, -0.2) is 175 Å². The van der Waals surface area contributed by atoms with Gasteiger partial charge in [0, 0.05) is 96.5 Å². The average molecular weight is 1170 g/mol. The van der Waals surface area contributed by atoms with Crippen molar-refractivity contribution in [3.8, 4) is 0 Å². The molecule has 24 nitrogen and oxygen atoms in total. The molecule has 2 aliphatic heterocycles. The van der Waals surface area contributed by atoms with Crippen molar-refractivity contribution in [1.82, 2.24) is 14.8 Å². The Morgan fingerprint density at radius 3 is 1.69 bits per heavy atom. The van der Waals surface area contributed by atoms with Crippen LogP contribution in [0.25, 0.3) is 5.57 Å². The molecule has 2 aromatic carbocycles. The standard InChI is InChI=1S/C48H61N5O16S4.O3S/c1-7-9-21-52-40-17-12-34(44(54)50(8-2)23-27-71(61,62)63)30-37(40)47(3,4)42(52)19-14-33(39-16-11-36(32-49-39)46(56)57)15-20-43-48(5,6)38-31-35(13-18-41(38)53(43)22-10-26-70(58,59)60)45(55)51(24-28-72(64,65)66)25-29-73(67,68)69;1-4(2)3/h11-20,30-32H,7-10,21-29H2,1-6H3,(H4-,56,57,58,59,60,61,62,63,64,65,66,67,68,69);/p+1. The van der Waals surface area contributed by atoms with Crippen molar-refractivity contribution < 1.29 is 88.6 Å². The SMILES string of the molecule is CCCCN1C(=CC=C(C=CC2=[N+](CCCS(=O)(=O)O)c3ccc(C(=O)N(CCS(=O)(=O)O)CCS(=O)(=O)O)cc3C2(C)C)c2ccc(C(=O)O)cn2)C(C)(C)c2cc(C(=O)N(CC)CCS(=O)(=O)O)ccc21.O=S(=O)=O. The first-order valence-electron chi connectivity index (χ1n) is 23.7. The largest absolute Gasteiger partial charge is 0.478 e. The molecule has 0 radical (unpaired) electrons. The van der Waals surface area contributed by atoms with Gasteiger partial charge in [0.25, 0.3) is 52.3 Å². The molecule has 3 heterocycles. The second-order valence-corrected chi connectivity index (χ2v) is 25.6. The molecule has 0 saturated carbocycles. The molecular weight excluding hydrogens is 1110 g/mol. The van der Waals surface area contributed by atoms with Crippen molar-refractivity contribution in [1.29, 1.82) is 0 Å². The molecule has 0 unspecified atom stereocenters. The molecule has 0 aliphatic carbocycles. The molecule has 5 rings (SSSR count). The van der Waals surface area contributed by atoms with E-state index in [1.165, 1.54) is 35.4 Å². The van der Waals surface area contributed by atoms with Gasteiger partial charge in [0.05, 0.1) is 39.7 Å². The third-order valence-corrected chi connectivity index (χ3v) is 15.7. The zero-order chi connectivity index (χ0) is 58.1. The average Bonchev–Trinajstić information content (AvgIpc) is 3.66. The summed E-state index contributed by atoms with van der Waals surface area (Å²) in [6, 6.07) is 12.8. The lowest BCUT2D eigenvalue weighted by Gasteiger charge is -2.27. The Kier molecular flexibility index (Phi) is 21.1. The highest BCUT2D eigenvalue weighted by Crippen LogP contribution is 2.48. The number of aromatic nitrogens is 1. The Labute approximate surface area is 449 Å². The minimum atomic E-state index is -4.60. The van der Waals surface area contributed by atoms with Crippen molar-refractivity contribution in [2.45, 2.75) is 71.6 Å². The summed E-state index contributed by atoms with van der Waals surface area (Å²) in [5.41, 5.74) is 3.53. The normalized spacial score (nSPS) is 15.7. The number of carboxylic acids is 1. The maximum absolute atomic E-state index is 13.9. The molecule has 1 aromatic heterocycles. The maximum atomic E-state index is 13.9. The summed E-state index contributed by atoms with van der Waals surface area (Å²) in [6.45, 7) is 10.8. The quantitative estimate of drug-likeness (QED) is 0.0478. The van der Waals surface area contributed by atoms with Crippen molar-refractivity contribution in [2.24, 2.45) is 0 Å². The number of carbonyl (C=O) groups is 3. The summed E-state index contributed by atoms with van der Waals surface area (Å²) in [5.74, 6) is -5.47. The van der Waals surface area contributed by atoms with Gasteiger partial charge >= 0.3 is 16.6 Å². The smallest absolute Gasteiger partial charge is 0.425 e. The number of pyridine rings is 1. The number of carboxylic acid groups (broad SMARTS) is 1. The van der Waals surface area contributed by atoms with E-state index in [0.29, 0.717) is 40.3 Å². The minimum Gasteiger partial charge on any atom is -0.478 e. The van der Waals surface area contributed by atoms with Gasteiger partial charge in [-0.1, -0.05) is 33.3 Å². The molecule has 29 heteroatoms. The Balaban J connectivity index is 0.00000309.